The first kappa shape index (κ1) is 11.0. The van der Waals surface area contributed by atoms with Crippen molar-refractivity contribution in [3.63, 3.8) is 0 Å². The van der Waals surface area contributed by atoms with Crippen LogP contribution in [0.1, 0.15) is 6.42 Å². The molecule has 1 aliphatic carbocycles. The molecule has 0 heterocycles. The molecule has 0 fully saturated rings. The van der Waals surface area contributed by atoms with Gasteiger partial charge in [-0.1, -0.05) is 29.8 Å². The molecule has 0 saturated carbocycles. The van der Waals surface area contributed by atoms with E-state index >= 15 is 0 Å². The normalized spacial score (nSPS) is 14.4. The second-order valence-electron chi connectivity index (χ2n) is 3.45. The van der Waals surface area contributed by atoms with Gasteiger partial charge in [0.15, 0.2) is 0 Å². The highest BCUT2D eigenvalue weighted by molar-refractivity contribution is 6.30. The summed E-state index contributed by atoms with van der Waals surface area (Å²) in [6, 6.07) is 7.05. The smallest absolute Gasteiger partial charge is 0.255 e. The van der Waals surface area contributed by atoms with Gasteiger partial charge >= 0.3 is 0 Å². The standard InChI is InChI=1S/C13H11ClNO/c14-11-6-8-12(9-7-11)15-13(16)10-4-2-1-3-5-10/h1-2,4-9H,3H2,(H,15,16). The van der Waals surface area contributed by atoms with Crippen molar-refractivity contribution in [1.82, 2.24) is 0 Å². The van der Waals surface area contributed by atoms with Gasteiger partial charge in [-0.05, 0) is 37.1 Å². The lowest BCUT2D eigenvalue weighted by atomic mass is 10.1. The number of benzene rings is 1. The van der Waals surface area contributed by atoms with Gasteiger partial charge in [0.05, 0.1) is 0 Å². The largest absolute Gasteiger partial charge is 0.322 e. The molecule has 1 N–H and O–H groups in total. The lowest BCUT2D eigenvalue weighted by Gasteiger charge is -2.08. The van der Waals surface area contributed by atoms with Crippen LogP contribution in [0.5, 0.6) is 0 Å². The molecule has 1 aromatic carbocycles. The highest BCUT2D eigenvalue weighted by atomic mass is 35.5. The van der Waals surface area contributed by atoms with Crippen molar-refractivity contribution in [2.75, 3.05) is 5.32 Å². The summed E-state index contributed by atoms with van der Waals surface area (Å²) >= 11 is 5.76. The lowest BCUT2D eigenvalue weighted by molar-refractivity contribution is -0.112. The van der Waals surface area contributed by atoms with E-state index in [4.69, 9.17) is 11.6 Å². The van der Waals surface area contributed by atoms with Crippen LogP contribution in [0.25, 0.3) is 0 Å². The van der Waals surface area contributed by atoms with Crippen molar-refractivity contribution in [2.24, 2.45) is 0 Å². The van der Waals surface area contributed by atoms with E-state index in [1.54, 1.807) is 30.3 Å². The SMILES string of the molecule is O=C(Nc1ccc(Cl)cc1)C1=CC[CH]C=C1. The third kappa shape index (κ3) is 2.74. The predicted molar refractivity (Wildman–Crippen MR) is 66.2 cm³/mol. The maximum absolute atomic E-state index is 11.8. The molecule has 1 aliphatic rings. The Morgan fingerprint density at radius 2 is 2.00 bits per heavy atom. The fourth-order valence-corrected chi connectivity index (χ4v) is 1.54. The summed E-state index contributed by atoms with van der Waals surface area (Å²) in [5.41, 5.74) is 1.44. The highest BCUT2D eigenvalue weighted by Crippen LogP contribution is 2.15. The van der Waals surface area contributed by atoms with Crippen molar-refractivity contribution >= 4 is 23.2 Å². The quantitative estimate of drug-likeness (QED) is 0.832. The molecule has 1 radical (unpaired) electrons. The molecule has 0 bridgehead atoms. The number of amides is 1. The third-order valence-electron chi connectivity index (χ3n) is 2.25. The number of rotatable bonds is 2. The van der Waals surface area contributed by atoms with E-state index in [1.807, 2.05) is 18.6 Å². The van der Waals surface area contributed by atoms with E-state index in [0.717, 1.165) is 12.1 Å². The summed E-state index contributed by atoms with van der Waals surface area (Å²) in [6.07, 6.45) is 8.38. The molecule has 1 aromatic rings. The van der Waals surface area contributed by atoms with Gasteiger partial charge in [-0.2, -0.15) is 0 Å². The number of anilines is 1. The first-order valence-electron chi connectivity index (χ1n) is 5.02. The van der Waals surface area contributed by atoms with Crippen molar-refractivity contribution < 1.29 is 4.79 Å². The van der Waals surface area contributed by atoms with Crippen LogP contribution in [0.4, 0.5) is 5.69 Å². The van der Waals surface area contributed by atoms with Gasteiger partial charge in [0, 0.05) is 16.3 Å². The molecule has 1 amide bonds. The Balaban J connectivity index is 2.04. The maximum atomic E-state index is 11.8. The Hall–Kier alpha value is -1.54. The number of allylic oxidation sites excluding steroid dienone is 2. The Morgan fingerprint density at radius 1 is 1.25 bits per heavy atom. The van der Waals surface area contributed by atoms with E-state index in [1.165, 1.54) is 0 Å². The summed E-state index contributed by atoms with van der Waals surface area (Å²) in [7, 11) is 0. The highest BCUT2D eigenvalue weighted by Gasteiger charge is 2.08. The molecule has 0 spiro atoms. The molecule has 3 heteroatoms. The van der Waals surface area contributed by atoms with Crippen LogP contribution in [-0.2, 0) is 4.79 Å². The van der Waals surface area contributed by atoms with Crippen LogP contribution in [0.3, 0.4) is 0 Å². The van der Waals surface area contributed by atoms with Crippen LogP contribution in [0, 0.1) is 6.42 Å². The Kier molecular flexibility index (Phi) is 3.42. The number of hydrogen-bond donors (Lipinski definition) is 1. The minimum Gasteiger partial charge on any atom is -0.322 e. The van der Waals surface area contributed by atoms with Crippen molar-refractivity contribution in [1.29, 1.82) is 0 Å². The molecule has 2 nitrogen and oxygen atoms in total. The molecule has 81 valence electrons. The van der Waals surface area contributed by atoms with Crippen LogP contribution in [-0.4, -0.2) is 5.91 Å². The molecule has 2 rings (SSSR count). The van der Waals surface area contributed by atoms with Crippen LogP contribution in [0.2, 0.25) is 5.02 Å². The van der Waals surface area contributed by atoms with E-state index in [9.17, 15) is 4.79 Å². The maximum Gasteiger partial charge on any atom is 0.255 e. The van der Waals surface area contributed by atoms with Crippen LogP contribution >= 0.6 is 11.6 Å². The van der Waals surface area contributed by atoms with Crippen molar-refractivity contribution in [2.45, 2.75) is 6.42 Å². The molecule has 0 atom stereocenters. The second-order valence-corrected chi connectivity index (χ2v) is 3.89. The Labute approximate surface area is 99.6 Å². The second kappa shape index (κ2) is 4.99. The first-order chi connectivity index (χ1) is 7.75. The Bertz CT molecular complexity index is 446. The number of nitrogens with one attached hydrogen (secondary N) is 1. The van der Waals surface area contributed by atoms with E-state index in [0.29, 0.717) is 10.6 Å². The zero-order chi connectivity index (χ0) is 11.4. The topological polar surface area (TPSA) is 29.1 Å². The lowest BCUT2D eigenvalue weighted by Crippen LogP contribution is -2.13. The van der Waals surface area contributed by atoms with Crippen LogP contribution in [0.15, 0.2) is 48.1 Å². The number of carbonyl (C=O) groups is 1. The molecular weight excluding hydrogens is 222 g/mol. The summed E-state index contributed by atoms with van der Waals surface area (Å²) in [4.78, 5) is 11.8. The molecule has 0 aliphatic heterocycles. The first-order valence-corrected chi connectivity index (χ1v) is 5.40. The van der Waals surface area contributed by atoms with Crippen LogP contribution < -0.4 is 5.32 Å². The zero-order valence-corrected chi connectivity index (χ0v) is 9.37. The minimum absolute atomic E-state index is 0.0910. The fourth-order valence-electron chi connectivity index (χ4n) is 1.42. The predicted octanol–water partition coefficient (Wildman–Crippen LogP) is 3.37. The molecule has 0 unspecified atom stereocenters. The van der Waals surface area contributed by atoms with E-state index < -0.39 is 0 Å². The fraction of sp³-hybridized carbons (Fsp3) is 0.0769. The number of hydrogen-bond acceptors (Lipinski definition) is 1. The minimum atomic E-state index is -0.0910. The average Bonchev–Trinajstić information content (AvgIpc) is 2.33. The number of halogens is 1. The van der Waals surface area contributed by atoms with E-state index in [-0.39, 0.29) is 5.91 Å². The van der Waals surface area contributed by atoms with Crippen molar-refractivity contribution in [3.05, 3.63) is 59.5 Å². The molecule has 0 aromatic heterocycles. The zero-order valence-electron chi connectivity index (χ0n) is 8.61. The monoisotopic (exact) mass is 232 g/mol. The molecule has 0 saturated heterocycles. The van der Waals surface area contributed by atoms with E-state index in [2.05, 4.69) is 5.32 Å². The summed E-state index contributed by atoms with van der Waals surface area (Å²) in [5, 5.41) is 3.46. The van der Waals surface area contributed by atoms with Gasteiger partial charge in [-0.15, -0.1) is 0 Å². The van der Waals surface area contributed by atoms with Gasteiger partial charge in [-0.25, -0.2) is 0 Å². The summed E-state index contributed by atoms with van der Waals surface area (Å²) < 4.78 is 0. The van der Waals surface area contributed by atoms with Crippen molar-refractivity contribution in [3.8, 4) is 0 Å². The summed E-state index contributed by atoms with van der Waals surface area (Å²) in [5.74, 6) is -0.0910. The third-order valence-corrected chi connectivity index (χ3v) is 2.50. The summed E-state index contributed by atoms with van der Waals surface area (Å²) in [6.45, 7) is 0. The van der Waals surface area contributed by atoms with Gasteiger partial charge < -0.3 is 5.32 Å². The van der Waals surface area contributed by atoms with Gasteiger partial charge in [0.1, 0.15) is 0 Å². The average molecular weight is 233 g/mol. The molecular formula is C13H11ClNO. The number of carbonyl (C=O) groups excluding carboxylic acids is 1. The van der Waals surface area contributed by atoms with Gasteiger partial charge in [0.2, 0.25) is 0 Å². The molecule has 16 heavy (non-hydrogen) atoms. The van der Waals surface area contributed by atoms with Gasteiger partial charge in [-0.3, -0.25) is 4.79 Å². The van der Waals surface area contributed by atoms with Gasteiger partial charge in [0.25, 0.3) is 5.91 Å². The Morgan fingerprint density at radius 3 is 2.62 bits per heavy atom.